The Morgan fingerprint density at radius 2 is 0.671 bits per heavy atom. The van der Waals surface area contributed by atoms with Gasteiger partial charge in [0.05, 0.1) is 27.8 Å². The van der Waals surface area contributed by atoms with E-state index >= 15 is 0 Å². The molecule has 13 aromatic rings. The van der Waals surface area contributed by atoms with Crippen LogP contribution in [0.4, 0.5) is 0 Å². The summed E-state index contributed by atoms with van der Waals surface area (Å²) in [5, 5.41) is 9.23. The Morgan fingerprint density at radius 1 is 0.271 bits per heavy atom. The van der Waals surface area contributed by atoms with Crippen LogP contribution in [0, 0.1) is 0 Å². The number of nitrogens with zero attached hydrogens (tertiary/aromatic N) is 2. The molecule has 2 aromatic heterocycles. The maximum Gasteiger partial charge on any atom is 0.152 e. The van der Waals surface area contributed by atoms with Gasteiger partial charge in [0.15, 0.2) is 8.07 Å². The first-order chi connectivity index (χ1) is 34.7. The van der Waals surface area contributed by atoms with E-state index in [9.17, 15) is 0 Å². The summed E-state index contributed by atoms with van der Waals surface area (Å²) in [6.07, 6.45) is 0. The molecule has 0 aliphatic carbocycles. The van der Waals surface area contributed by atoms with Gasteiger partial charge in [-0.3, -0.25) is 0 Å². The topological polar surface area (TPSA) is 9.86 Å². The average Bonchev–Trinajstić information content (AvgIpc) is 3.97. The minimum absolute atomic E-state index is 0.891. The zero-order valence-electron chi connectivity index (χ0n) is 38.7. The van der Waals surface area contributed by atoms with Crippen molar-refractivity contribution in [2.75, 3.05) is 0 Å². The fourth-order valence-corrected chi connectivity index (χ4v) is 16.2. The van der Waals surface area contributed by atoms with E-state index in [4.69, 9.17) is 0 Å². The maximum atomic E-state index is 2.55. The summed E-state index contributed by atoms with van der Waals surface area (Å²) in [5.41, 5.74) is 15.6. The quantitative estimate of drug-likeness (QED) is 0.0956. The summed E-state index contributed by atoms with van der Waals surface area (Å²) in [6, 6.07) is 104. The fourth-order valence-electron chi connectivity index (χ4n) is 11.4. The third kappa shape index (κ3) is 6.93. The fraction of sp³-hybridized carbons (Fsp3) is 0.0149. The molecular formula is C67H48N2Si. The molecule has 0 saturated heterocycles. The lowest BCUT2D eigenvalue weighted by Crippen LogP contribution is -2.68. The predicted octanol–water partition coefficient (Wildman–Crippen LogP) is 15.1. The first kappa shape index (κ1) is 41.4. The average molecular weight is 909 g/mol. The molecule has 70 heavy (non-hydrogen) atoms. The molecule has 2 heterocycles. The molecule has 0 fully saturated rings. The molecule has 2 nitrogen and oxygen atoms in total. The minimum atomic E-state index is -2.75. The third-order valence-corrected chi connectivity index (χ3v) is 19.4. The van der Waals surface area contributed by atoms with Gasteiger partial charge < -0.3 is 9.13 Å². The molecule has 11 aromatic carbocycles. The van der Waals surface area contributed by atoms with Crippen molar-refractivity contribution in [2.24, 2.45) is 0 Å². The zero-order chi connectivity index (χ0) is 46.4. The molecule has 13 rings (SSSR count). The van der Waals surface area contributed by atoms with Gasteiger partial charge in [-0.15, -0.1) is 0 Å². The number of para-hydroxylation sites is 2. The molecule has 0 amide bonds. The SMILES string of the molecule is c1ccc(-c2ccc([Si](Cc3cccc4c3c3ccccc3n4-c3cccc4c3c3ccccc3n4-c3cc(-c4ccccc4)cc(-c4ccccc4)c3)(c3ccccc3)c3ccccc3)cc2)cc1. The van der Waals surface area contributed by atoms with Gasteiger partial charge in [0.1, 0.15) is 0 Å². The van der Waals surface area contributed by atoms with E-state index in [0.717, 1.165) is 11.7 Å². The summed E-state index contributed by atoms with van der Waals surface area (Å²) < 4.78 is 5.03. The van der Waals surface area contributed by atoms with Crippen molar-refractivity contribution in [1.82, 2.24) is 9.13 Å². The van der Waals surface area contributed by atoms with Gasteiger partial charge in [-0.1, -0.05) is 231 Å². The van der Waals surface area contributed by atoms with Crippen molar-refractivity contribution in [3.8, 4) is 44.8 Å². The van der Waals surface area contributed by atoms with E-state index in [1.807, 2.05) is 0 Å². The lowest BCUT2D eigenvalue weighted by molar-refractivity contribution is 1.17. The Labute approximate surface area is 409 Å². The first-order valence-electron chi connectivity index (χ1n) is 24.3. The second kappa shape index (κ2) is 17.4. The normalized spacial score (nSPS) is 11.8. The van der Waals surface area contributed by atoms with E-state index in [0.29, 0.717) is 0 Å². The zero-order valence-corrected chi connectivity index (χ0v) is 39.7. The Bertz CT molecular complexity index is 3890. The third-order valence-electron chi connectivity index (χ3n) is 14.6. The highest BCUT2D eigenvalue weighted by molar-refractivity contribution is 7.11. The molecule has 0 spiro atoms. The Kier molecular flexibility index (Phi) is 10.3. The van der Waals surface area contributed by atoms with Crippen LogP contribution in [0.15, 0.2) is 279 Å². The number of fused-ring (bicyclic) bond motifs is 6. The van der Waals surface area contributed by atoms with Gasteiger partial charge in [-0.05, 0) is 109 Å². The minimum Gasteiger partial charge on any atom is -0.309 e. The number of aromatic nitrogens is 2. The molecular weight excluding hydrogens is 861 g/mol. The molecule has 0 aliphatic rings. The predicted molar refractivity (Wildman–Crippen MR) is 299 cm³/mol. The van der Waals surface area contributed by atoms with Crippen molar-refractivity contribution < 1.29 is 0 Å². The summed E-state index contributed by atoms with van der Waals surface area (Å²) in [6.45, 7) is 0. The van der Waals surface area contributed by atoms with Crippen LogP contribution < -0.4 is 15.6 Å². The smallest absolute Gasteiger partial charge is 0.152 e. The summed E-state index contributed by atoms with van der Waals surface area (Å²) >= 11 is 0. The van der Waals surface area contributed by atoms with Gasteiger partial charge in [-0.2, -0.15) is 0 Å². The van der Waals surface area contributed by atoms with Crippen molar-refractivity contribution in [2.45, 2.75) is 6.04 Å². The summed E-state index contributed by atoms with van der Waals surface area (Å²) in [7, 11) is -2.75. The highest BCUT2D eigenvalue weighted by Gasteiger charge is 2.40. The standard InChI is InChI=1S/C67H48N2Si/c1-6-22-48(23-7-1)51-40-42-58(43-41-51)70(56-29-12-4-13-30-56,57-31-14-5-15-32-57)47-52-28-20-37-63-66(52)59-33-16-19-36-62(59)69(63)65-39-21-38-64-67(65)60-34-17-18-35-61(60)68(64)55-45-53(49-24-8-2-9-25-49)44-54(46-55)50-26-10-3-11-27-50/h1-46H,47H2. The van der Waals surface area contributed by atoms with Crippen LogP contribution >= 0.6 is 0 Å². The van der Waals surface area contributed by atoms with E-state index < -0.39 is 8.07 Å². The Morgan fingerprint density at radius 3 is 1.23 bits per heavy atom. The van der Waals surface area contributed by atoms with Gasteiger partial charge in [0, 0.05) is 27.2 Å². The molecule has 3 heteroatoms. The van der Waals surface area contributed by atoms with Gasteiger partial charge in [0.2, 0.25) is 0 Å². The highest BCUT2D eigenvalue weighted by Crippen LogP contribution is 2.42. The summed E-state index contributed by atoms with van der Waals surface area (Å²) in [5.74, 6) is 0. The monoisotopic (exact) mass is 908 g/mol. The maximum absolute atomic E-state index is 2.75. The van der Waals surface area contributed by atoms with Crippen LogP contribution in [-0.4, -0.2) is 17.2 Å². The second-order valence-electron chi connectivity index (χ2n) is 18.4. The van der Waals surface area contributed by atoms with Crippen molar-refractivity contribution in [3.05, 3.63) is 285 Å². The number of rotatable bonds is 10. The second-order valence-corrected chi connectivity index (χ2v) is 22.3. The van der Waals surface area contributed by atoms with Crippen molar-refractivity contribution >= 4 is 67.2 Å². The van der Waals surface area contributed by atoms with Crippen LogP contribution in [0.2, 0.25) is 0 Å². The van der Waals surface area contributed by atoms with Gasteiger partial charge >= 0.3 is 0 Å². The number of benzene rings is 11. The largest absolute Gasteiger partial charge is 0.309 e. The summed E-state index contributed by atoms with van der Waals surface area (Å²) in [4.78, 5) is 0. The van der Waals surface area contributed by atoms with Crippen LogP contribution in [0.25, 0.3) is 88.4 Å². The molecule has 0 aliphatic heterocycles. The lowest BCUT2D eigenvalue weighted by Gasteiger charge is -2.34. The molecule has 330 valence electrons. The van der Waals surface area contributed by atoms with Crippen molar-refractivity contribution in [1.29, 1.82) is 0 Å². The van der Waals surface area contributed by atoms with Crippen LogP contribution in [0.1, 0.15) is 5.56 Å². The Hall–Kier alpha value is -8.76. The molecule has 0 radical (unpaired) electrons. The van der Waals surface area contributed by atoms with E-state index in [2.05, 4.69) is 288 Å². The number of hydrogen-bond donors (Lipinski definition) is 0. The molecule has 0 unspecified atom stereocenters. The van der Waals surface area contributed by atoms with Gasteiger partial charge in [0.25, 0.3) is 0 Å². The Balaban J connectivity index is 1.04. The molecule has 0 saturated carbocycles. The highest BCUT2D eigenvalue weighted by atomic mass is 28.3. The van der Waals surface area contributed by atoms with Crippen molar-refractivity contribution in [3.63, 3.8) is 0 Å². The number of hydrogen-bond acceptors (Lipinski definition) is 0. The van der Waals surface area contributed by atoms with E-state index in [1.54, 1.807) is 0 Å². The van der Waals surface area contributed by atoms with Crippen LogP contribution in [-0.2, 0) is 6.04 Å². The van der Waals surface area contributed by atoms with Gasteiger partial charge in [-0.25, -0.2) is 0 Å². The first-order valence-corrected chi connectivity index (χ1v) is 26.5. The molecule has 0 N–H and O–H groups in total. The molecule has 0 bridgehead atoms. The van der Waals surface area contributed by atoms with Crippen LogP contribution in [0.3, 0.4) is 0 Å². The van der Waals surface area contributed by atoms with E-state index in [-0.39, 0.29) is 0 Å². The molecule has 0 atom stereocenters. The van der Waals surface area contributed by atoms with Crippen LogP contribution in [0.5, 0.6) is 0 Å². The van der Waals surface area contributed by atoms with E-state index in [1.165, 1.54) is 104 Å². The lowest BCUT2D eigenvalue weighted by atomic mass is 9.98.